The molecule has 0 atom stereocenters. The van der Waals surface area contributed by atoms with Crippen LogP contribution in [0.25, 0.3) is 6.08 Å². The van der Waals surface area contributed by atoms with Gasteiger partial charge in [-0.1, -0.05) is 37.3 Å². The number of ether oxygens (including phenoxy) is 1. The van der Waals surface area contributed by atoms with Crippen LogP contribution in [0.15, 0.2) is 35.9 Å². The Bertz CT molecular complexity index is 339. The van der Waals surface area contributed by atoms with Crippen LogP contribution in [0, 0.1) is 0 Å². The highest BCUT2D eigenvalue weighted by Gasteiger charge is 2.04. The Morgan fingerprint density at radius 2 is 2.00 bits per heavy atom. The molecular weight excluding hydrogens is 188 g/mol. The van der Waals surface area contributed by atoms with E-state index in [4.69, 9.17) is 4.74 Å². The summed E-state index contributed by atoms with van der Waals surface area (Å²) >= 11 is 0. The van der Waals surface area contributed by atoms with Crippen LogP contribution in [0.4, 0.5) is 0 Å². The van der Waals surface area contributed by atoms with Crippen molar-refractivity contribution >= 4 is 12.0 Å². The van der Waals surface area contributed by atoms with Crippen LogP contribution in [0.1, 0.15) is 25.8 Å². The monoisotopic (exact) mass is 204 g/mol. The second-order valence-electron chi connectivity index (χ2n) is 3.37. The van der Waals surface area contributed by atoms with Gasteiger partial charge in [0.25, 0.3) is 0 Å². The van der Waals surface area contributed by atoms with Crippen LogP contribution in [0.2, 0.25) is 0 Å². The molecular formula is C13H16O2. The Labute approximate surface area is 90.6 Å². The number of carbonyl (C=O) groups is 1. The van der Waals surface area contributed by atoms with E-state index in [2.05, 4.69) is 0 Å². The number of rotatable bonds is 4. The standard InChI is InChI=1S/C13H16O2/c1-3-9-15-13(14)11(2)10-12-7-5-4-6-8-12/h4-8,10H,3,9H2,1-2H3. The fraction of sp³-hybridized carbons (Fsp3) is 0.308. The van der Waals surface area contributed by atoms with Crippen molar-refractivity contribution in [2.24, 2.45) is 0 Å². The molecule has 2 heteroatoms. The maximum Gasteiger partial charge on any atom is 0.333 e. The van der Waals surface area contributed by atoms with Gasteiger partial charge in [0.15, 0.2) is 0 Å². The van der Waals surface area contributed by atoms with Crippen LogP contribution < -0.4 is 0 Å². The van der Waals surface area contributed by atoms with Gasteiger partial charge in [-0.25, -0.2) is 4.79 Å². The van der Waals surface area contributed by atoms with E-state index in [0.29, 0.717) is 12.2 Å². The summed E-state index contributed by atoms with van der Waals surface area (Å²) in [6.07, 6.45) is 2.68. The molecule has 0 N–H and O–H groups in total. The van der Waals surface area contributed by atoms with Crippen molar-refractivity contribution in [3.05, 3.63) is 41.5 Å². The van der Waals surface area contributed by atoms with Crippen LogP contribution >= 0.6 is 0 Å². The molecule has 0 radical (unpaired) electrons. The molecule has 0 aliphatic carbocycles. The fourth-order valence-electron chi connectivity index (χ4n) is 1.17. The first kappa shape index (κ1) is 11.5. The normalized spacial score (nSPS) is 11.2. The minimum absolute atomic E-state index is 0.235. The van der Waals surface area contributed by atoms with Crippen LogP contribution in [0.3, 0.4) is 0 Å². The van der Waals surface area contributed by atoms with E-state index in [-0.39, 0.29) is 5.97 Å². The van der Waals surface area contributed by atoms with Gasteiger partial charge in [-0.15, -0.1) is 0 Å². The first-order chi connectivity index (χ1) is 7.24. The van der Waals surface area contributed by atoms with Crippen molar-refractivity contribution in [1.82, 2.24) is 0 Å². The van der Waals surface area contributed by atoms with Crippen molar-refractivity contribution in [3.8, 4) is 0 Å². The topological polar surface area (TPSA) is 26.3 Å². The smallest absolute Gasteiger partial charge is 0.333 e. The lowest BCUT2D eigenvalue weighted by atomic mass is 10.1. The van der Waals surface area contributed by atoms with Crippen molar-refractivity contribution in [2.45, 2.75) is 20.3 Å². The second-order valence-corrected chi connectivity index (χ2v) is 3.37. The molecule has 1 aromatic rings. The van der Waals surface area contributed by atoms with Crippen molar-refractivity contribution < 1.29 is 9.53 Å². The van der Waals surface area contributed by atoms with E-state index in [1.165, 1.54) is 0 Å². The summed E-state index contributed by atoms with van der Waals surface area (Å²) in [7, 11) is 0. The quantitative estimate of drug-likeness (QED) is 0.556. The Balaban J connectivity index is 2.63. The fourth-order valence-corrected chi connectivity index (χ4v) is 1.17. The van der Waals surface area contributed by atoms with Crippen molar-refractivity contribution in [2.75, 3.05) is 6.61 Å². The third-order valence-electron chi connectivity index (χ3n) is 1.94. The lowest BCUT2D eigenvalue weighted by molar-refractivity contribution is -0.138. The third-order valence-corrected chi connectivity index (χ3v) is 1.94. The summed E-state index contributed by atoms with van der Waals surface area (Å²) in [6, 6.07) is 9.74. The Morgan fingerprint density at radius 3 is 2.60 bits per heavy atom. The first-order valence-electron chi connectivity index (χ1n) is 5.14. The average Bonchev–Trinajstić information content (AvgIpc) is 2.27. The second kappa shape index (κ2) is 6.02. The van der Waals surface area contributed by atoms with Gasteiger partial charge in [-0.2, -0.15) is 0 Å². The van der Waals surface area contributed by atoms with Gasteiger partial charge < -0.3 is 4.74 Å². The molecule has 0 heterocycles. The maximum absolute atomic E-state index is 11.4. The minimum Gasteiger partial charge on any atom is -0.462 e. The number of hydrogen-bond donors (Lipinski definition) is 0. The lowest BCUT2D eigenvalue weighted by Gasteiger charge is -2.02. The predicted molar refractivity (Wildman–Crippen MR) is 61.3 cm³/mol. The molecule has 0 spiro atoms. The molecule has 2 nitrogen and oxygen atoms in total. The highest BCUT2D eigenvalue weighted by Crippen LogP contribution is 2.07. The van der Waals surface area contributed by atoms with E-state index < -0.39 is 0 Å². The molecule has 0 unspecified atom stereocenters. The number of benzene rings is 1. The molecule has 0 amide bonds. The summed E-state index contributed by atoms with van der Waals surface area (Å²) in [6.45, 7) is 4.23. The molecule has 0 aliphatic heterocycles. The van der Waals surface area contributed by atoms with Gasteiger partial charge >= 0.3 is 5.97 Å². The van der Waals surface area contributed by atoms with Gasteiger partial charge in [0.1, 0.15) is 0 Å². The molecule has 0 fully saturated rings. The molecule has 15 heavy (non-hydrogen) atoms. The number of esters is 1. The molecule has 0 saturated heterocycles. The highest BCUT2D eigenvalue weighted by molar-refractivity contribution is 5.92. The van der Waals surface area contributed by atoms with Crippen LogP contribution in [-0.2, 0) is 9.53 Å². The van der Waals surface area contributed by atoms with Gasteiger partial charge in [0, 0.05) is 5.57 Å². The summed E-state index contributed by atoms with van der Waals surface area (Å²) in [5.74, 6) is -0.235. The minimum atomic E-state index is -0.235. The summed E-state index contributed by atoms with van der Waals surface area (Å²) < 4.78 is 5.02. The van der Waals surface area contributed by atoms with Crippen LogP contribution in [-0.4, -0.2) is 12.6 Å². The van der Waals surface area contributed by atoms with Gasteiger partial charge in [-0.05, 0) is 25.0 Å². The predicted octanol–water partition coefficient (Wildman–Crippen LogP) is 3.04. The van der Waals surface area contributed by atoms with Crippen LogP contribution in [0.5, 0.6) is 0 Å². The molecule has 1 rings (SSSR count). The first-order valence-corrected chi connectivity index (χ1v) is 5.14. The molecule has 1 aromatic carbocycles. The molecule has 80 valence electrons. The zero-order chi connectivity index (χ0) is 11.1. The largest absolute Gasteiger partial charge is 0.462 e. The SMILES string of the molecule is CCCOC(=O)C(C)=Cc1ccccc1. The zero-order valence-corrected chi connectivity index (χ0v) is 9.19. The van der Waals surface area contributed by atoms with E-state index in [9.17, 15) is 4.79 Å². The highest BCUT2D eigenvalue weighted by atomic mass is 16.5. The number of carbonyl (C=O) groups excluding carboxylic acids is 1. The third kappa shape index (κ3) is 3.98. The summed E-state index contributed by atoms with van der Waals surface area (Å²) in [5.41, 5.74) is 1.65. The summed E-state index contributed by atoms with van der Waals surface area (Å²) in [5, 5.41) is 0. The Kier molecular flexibility index (Phi) is 4.61. The van der Waals surface area contributed by atoms with E-state index in [1.54, 1.807) is 6.92 Å². The maximum atomic E-state index is 11.4. The molecule has 0 aromatic heterocycles. The molecule has 0 bridgehead atoms. The van der Waals surface area contributed by atoms with E-state index >= 15 is 0 Å². The lowest BCUT2D eigenvalue weighted by Crippen LogP contribution is -2.06. The number of hydrogen-bond acceptors (Lipinski definition) is 2. The molecule has 0 saturated carbocycles. The average molecular weight is 204 g/mol. The summed E-state index contributed by atoms with van der Waals surface area (Å²) in [4.78, 5) is 11.4. The molecule has 0 aliphatic rings. The van der Waals surface area contributed by atoms with Gasteiger partial charge in [0.05, 0.1) is 6.61 Å². The van der Waals surface area contributed by atoms with Gasteiger partial charge in [0.2, 0.25) is 0 Å². The Hall–Kier alpha value is -1.57. The van der Waals surface area contributed by atoms with E-state index in [1.807, 2.05) is 43.3 Å². The van der Waals surface area contributed by atoms with Gasteiger partial charge in [-0.3, -0.25) is 0 Å². The Morgan fingerprint density at radius 1 is 1.33 bits per heavy atom. The van der Waals surface area contributed by atoms with Crippen molar-refractivity contribution in [1.29, 1.82) is 0 Å². The van der Waals surface area contributed by atoms with E-state index in [0.717, 1.165) is 12.0 Å². The zero-order valence-electron chi connectivity index (χ0n) is 9.19. The van der Waals surface area contributed by atoms with Crippen molar-refractivity contribution in [3.63, 3.8) is 0 Å².